The molecule has 0 radical (unpaired) electrons. The second-order valence-corrected chi connectivity index (χ2v) is 5.95. The van der Waals surface area contributed by atoms with Crippen LogP contribution in [0.4, 0.5) is 11.6 Å². The van der Waals surface area contributed by atoms with Crippen molar-refractivity contribution < 1.29 is 0 Å². The van der Waals surface area contributed by atoms with Gasteiger partial charge in [0, 0.05) is 38.6 Å². The lowest BCUT2D eigenvalue weighted by Gasteiger charge is -2.18. The number of nitrogens with one attached hydrogen (secondary N) is 1. The summed E-state index contributed by atoms with van der Waals surface area (Å²) in [6.45, 7) is 1.74. The van der Waals surface area contributed by atoms with Gasteiger partial charge in [-0.15, -0.1) is 0 Å². The molecule has 0 saturated heterocycles. The third-order valence-electron chi connectivity index (χ3n) is 4.09. The summed E-state index contributed by atoms with van der Waals surface area (Å²) in [5, 5.41) is 3.38. The summed E-state index contributed by atoms with van der Waals surface area (Å²) >= 11 is 0. The maximum atomic E-state index is 4.38. The van der Waals surface area contributed by atoms with Crippen molar-refractivity contribution >= 4 is 11.6 Å². The molecule has 0 spiro atoms. The van der Waals surface area contributed by atoms with Crippen LogP contribution in [-0.4, -0.2) is 35.1 Å². The van der Waals surface area contributed by atoms with Crippen LogP contribution in [0.5, 0.6) is 0 Å². The number of rotatable bonds is 8. The average molecular weight is 333 g/mol. The third kappa shape index (κ3) is 5.28. The van der Waals surface area contributed by atoms with Gasteiger partial charge >= 0.3 is 0 Å². The van der Waals surface area contributed by atoms with Gasteiger partial charge in [-0.2, -0.15) is 0 Å². The number of likely N-dealkylation sites (N-methyl/N-ethyl adjacent to an activating group) is 1. The van der Waals surface area contributed by atoms with Gasteiger partial charge in [0.15, 0.2) is 0 Å². The number of hydrogen-bond acceptors (Lipinski definition) is 5. The Morgan fingerprint density at radius 2 is 1.68 bits per heavy atom. The van der Waals surface area contributed by atoms with Crippen LogP contribution in [0.15, 0.2) is 67.3 Å². The van der Waals surface area contributed by atoms with Crippen molar-refractivity contribution in [1.82, 2.24) is 15.0 Å². The van der Waals surface area contributed by atoms with Gasteiger partial charge in [-0.05, 0) is 36.1 Å². The summed E-state index contributed by atoms with van der Waals surface area (Å²) in [5.41, 5.74) is 2.59. The lowest BCUT2D eigenvalue weighted by atomic mass is 10.1. The van der Waals surface area contributed by atoms with Crippen molar-refractivity contribution in [3.63, 3.8) is 0 Å². The summed E-state index contributed by atoms with van der Waals surface area (Å²) in [6, 6.07) is 16.5. The van der Waals surface area contributed by atoms with Crippen LogP contribution in [0.2, 0.25) is 0 Å². The molecule has 0 fully saturated rings. The second-order valence-electron chi connectivity index (χ2n) is 5.95. The van der Waals surface area contributed by atoms with Crippen molar-refractivity contribution in [3.05, 3.63) is 78.4 Å². The predicted molar refractivity (Wildman–Crippen MR) is 102 cm³/mol. The van der Waals surface area contributed by atoms with Crippen molar-refractivity contribution in [2.45, 2.75) is 12.8 Å². The van der Waals surface area contributed by atoms with Crippen LogP contribution >= 0.6 is 0 Å². The highest BCUT2D eigenvalue weighted by atomic mass is 15.2. The number of benzene rings is 1. The molecule has 5 nitrogen and oxygen atoms in total. The molecule has 25 heavy (non-hydrogen) atoms. The molecule has 0 saturated carbocycles. The van der Waals surface area contributed by atoms with Crippen molar-refractivity contribution in [1.29, 1.82) is 0 Å². The number of anilines is 2. The van der Waals surface area contributed by atoms with Crippen molar-refractivity contribution in [2.24, 2.45) is 0 Å². The molecule has 0 aliphatic heterocycles. The fraction of sp³-hybridized carbons (Fsp3) is 0.250. The van der Waals surface area contributed by atoms with Gasteiger partial charge in [-0.3, -0.25) is 4.98 Å². The molecule has 1 N–H and O–H groups in total. The minimum atomic E-state index is 0.848. The van der Waals surface area contributed by atoms with E-state index < -0.39 is 0 Å². The Morgan fingerprint density at radius 3 is 2.48 bits per heavy atom. The summed E-state index contributed by atoms with van der Waals surface area (Å²) in [7, 11) is 2.05. The zero-order valence-electron chi connectivity index (χ0n) is 14.5. The highest BCUT2D eigenvalue weighted by Crippen LogP contribution is 2.13. The maximum absolute atomic E-state index is 4.38. The van der Waals surface area contributed by atoms with Gasteiger partial charge in [0.25, 0.3) is 0 Å². The number of hydrogen-bond donors (Lipinski definition) is 1. The van der Waals surface area contributed by atoms with E-state index >= 15 is 0 Å². The smallest absolute Gasteiger partial charge is 0.133 e. The molecule has 5 heteroatoms. The summed E-state index contributed by atoms with van der Waals surface area (Å²) in [6.07, 6.45) is 7.20. The molecule has 0 unspecified atom stereocenters. The second kappa shape index (κ2) is 8.78. The van der Waals surface area contributed by atoms with E-state index in [2.05, 4.69) is 56.5 Å². The van der Waals surface area contributed by atoms with E-state index in [0.29, 0.717) is 0 Å². The Morgan fingerprint density at radius 1 is 0.920 bits per heavy atom. The van der Waals surface area contributed by atoms with Crippen molar-refractivity contribution in [3.8, 4) is 0 Å². The van der Waals surface area contributed by atoms with Gasteiger partial charge in [0.05, 0.1) is 0 Å². The van der Waals surface area contributed by atoms with Gasteiger partial charge in [0.2, 0.25) is 0 Å². The zero-order valence-corrected chi connectivity index (χ0v) is 14.5. The largest absolute Gasteiger partial charge is 0.370 e. The van der Waals surface area contributed by atoms with Crippen molar-refractivity contribution in [2.75, 3.05) is 30.4 Å². The maximum Gasteiger partial charge on any atom is 0.133 e. The molecule has 3 aromatic rings. The molecule has 3 rings (SSSR count). The normalized spacial score (nSPS) is 10.4. The van der Waals surface area contributed by atoms with E-state index in [1.54, 1.807) is 6.33 Å². The number of aromatic nitrogens is 3. The fourth-order valence-electron chi connectivity index (χ4n) is 2.59. The van der Waals surface area contributed by atoms with Gasteiger partial charge in [-0.25, -0.2) is 9.97 Å². The molecule has 0 aliphatic carbocycles. The first-order valence-corrected chi connectivity index (χ1v) is 8.51. The Balaban J connectivity index is 1.51. The SMILES string of the molecule is CN(CCc1ccncc1)c1cc(NCCc2ccccc2)ncn1. The molecule has 2 heterocycles. The molecule has 0 bridgehead atoms. The highest BCUT2D eigenvalue weighted by Gasteiger charge is 2.05. The third-order valence-corrected chi connectivity index (χ3v) is 4.09. The molecular formula is C20H23N5. The Hall–Kier alpha value is -2.95. The van der Waals surface area contributed by atoms with Crippen LogP contribution in [0, 0.1) is 0 Å². The standard InChI is InChI=1S/C20H23N5/c1-25(14-10-18-7-11-21-12-8-18)20-15-19(23-16-24-20)22-13-9-17-5-3-2-4-6-17/h2-8,11-12,15-16H,9-10,13-14H2,1H3,(H,22,23,24). The summed E-state index contributed by atoms with van der Waals surface area (Å²) in [4.78, 5) is 14.9. The van der Waals surface area contributed by atoms with Gasteiger partial charge in [-0.1, -0.05) is 30.3 Å². The minimum Gasteiger partial charge on any atom is -0.370 e. The molecule has 128 valence electrons. The summed E-state index contributed by atoms with van der Waals surface area (Å²) < 4.78 is 0. The van der Waals surface area contributed by atoms with E-state index in [9.17, 15) is 0 Å². The molecule has 1 aromatic carbocycles. The lowest BCUT2D eigenvalue weighted by Crippen LogP contribution is -2.21. The molecule has 2 aromatic heterocycles. The van der Waals surface area contributed by atoms with E-state index in [1.807, 2.05) is 36.7 Å². The predicted octanol–water partition coefficient (Wildman–Crippen LogP) is 3.21. The Kier molecular flexibility index (Phi) is 5.93. The zero-order chi connectivity index (χ0) is 17.3. The fourth-order valence-corrected chi connectivity index (χ4v) is 2.59. The minimum absolute atomic E-state index is 0.848. The van der Waals surface area contributed by atoms with E-state index in [-0.39, 0.29) is 0 Å². The first-order chi connectivity index (χ1) is 12.3. The van der Waals surface area contributed by atoms with Crippen LogP contribution in [0.3, 0.4) is 0 Å². The topological polar surface area (TPSA) is 53.9 Å². The number of pyridine rings is 1. The van der Waals surface area contributed by atoms with E-state index in [1.165, 1.54) is 11.1 Å². The first-order valence-electron chi connectivity index (χ1n) is 8.51. The van der Waals surface area contributed by atoms with Crippen LogP contribution in [0.1, 0.15) is 11.1 Å². The molecule has 0 amide bonds. The number of nitrogens with zero attached hydrogens (tertiary/aromatic N) is 4. The van der Waals surface area contributed by atoms with E-state index in [4.69, 9.17) is 0 Å². The summed E-state index contributed by atoms with van der Waals surface area (Å²) in [5.74, 6) is 1.78. The molecule has 0 aliphatic rings. The average Bonchev–Trinajstić information content (AvgIpc) is 2.68. The monoisotopic (exact) mass is 333 g/mol. The Labute approximate surface area is 148 Å². The lowest BCUT2D eigenvalue weighted by molar-refractivity contribution is 0.853. The Bertz CT molecular complexity index is 761. The van der Waals surface area contributed by atoms with Crippen LogP contribution < -0.4 is 10.2 Å². The van der Waals surface area contributed by atoms with E-state index in [0.717, 1.165) is 37.6 Å². The van der Waals surface area contributed by atoms with Gasteiger partial charge in [0.1, 0.15) is 18.0 Å². The first kappa shape index (κ1) is 16.9. The van der Waals surface area contributed by atoms with Crippen LogP contribution in [-0.2, 0) is 12.8 Å². The molecular weight excluding hydrogens is 310 g/mol. The van der Waals surface area contributed by atoms with Crippen LogP contribution in [0.25, 0.3) is 0 Å². The quantitative estimate of drug-likeness (QED) is 0.686. The van der Waals surface area contributed by atoms with Gasteiger partial charge < -0.3 is 10.2 Å². The molecule has 0 atom stereocenters. The highest BCUT2D eigenvalue weighted by molar-refractivity contribution is 5.48.